The molecule has 0 bridgehead atoms. The lowest BCUT2D eigenvalue weighted by Crippen LogP contribution is -2.11. The number of nitrogens with one attached hydrogen (secondary N) is 1. The van der Waals surface area contributed by atoms with E-state index in [0.717, 1.165) is 43.0 Å². The topological polar surface area (TPSA) is 78.8 Å². The van der Waals surface area contributed by atoms with E-state index in [1.165, 1.54) is 11.3 Å². The molecule has 5 nitrogen and oxygen atoms in total. The Kier molecular flexibility index (Phi) is 3.74. The first-order valence-corrected chi connectivity index (χ1v) is 8.86. The minimum atomic E-state index is -0.384. The number of pyridine rings is 2. The Balaban J connectivity index is 2.17. The smallest absolute Gasteiger partial charge is 0.267 e. The molecule has 3 aromatic heterocycles. The molecular formula is C20H15N3O2S. The van der Waals surface area contributed by atoms with Crippen LogP contribution in [0.15, 0.2) is 35.1 Å². The fraction of sp³-hybridized carbons (Fsp3) is 0.150. The molecule has 4 rings (SSSR count). The number of aryl methyl sites for hydroxylation is 2. The van der Waals surface area contributed by atoms with Crippen LogP contribution >= 0.6 is 11.3 Å². The molecule has 6 heteroatoms. The summed E-state index contributed by atoms with van der Waals surface area (Å²) in [5.74, 6) is 0.720. The van der Waals surface area contributed by atoms with Crippen LogP contribution in [0.1, 0.15) is 16.8 Å². The number of aromatic amines is 1. The summed E-state index contributed by atoms with van der Waals surface area (Å²) in [5, 5.41) is 10.5. The fourth-order valence-corrected chi connectivity index (χ4v) is 4.61. The van der Waals surface area contributed by atoms with E-state index < -0.39 is 0 Å². The highest BCUT2D eigenvalue weighted by molar-refractivity contribution is 7.26. The van der Waals surface area contributed by atoms with Gasteiger partial charge in [-0.15, -0.1) is 11.3 Å². The number of nitriles is 1. The van der Waals surface area contributed by atoms with Crippen LogP contribution in [0.4, 0.5) is 0 Å². The van der Waals surface area contributed by atoms with Crippen molar-refractivity contribution < 1.29 is 4.74 Å². The molecule has 0 saturated heterocycles. The predicted molar refractivity (Wildman–Crippen MR) is 104 cm³/mol. The molecular weight excluding hydrogens is 346 g/mol. The van der Waals surface area contributed by atoms with E-state index in [4.69, 9.17) is 4.74 Å². The van der Waals surface area contributed by atoms with Crippen molar-refractivity contribution in [1.82, 2.24) is 9.97 Å². The summed E-state index contributed by atoms with van der Waals surface area (Å²) in [5.41, 5.74) is 3.91. The Morgan fingerprint density at radius 3 is 2.62 bits per heavy atom. The van der Waals surface area contributed by atoms with Gasteiger partial charge < -0.3 is 9.72 Å². The Bertz CT molecular complexity index is 1260. The van der Waals surface area contributed by atoms with Gasteiger partial charge in [0.15, 0.2) is 0 Å². The van der Waals surface area contributed by atoms with Gasteiger partial charge in [0.05, 0.1) is 17.3 Å². The van der Waals surface area contributed by atoms with E-state index in [-0.39, 0.29) is 11.1 Å². The van der Waals surface area contributed by atoms with Crippen LogP contribution in [0.25, 0.3) is 31.6 Å². The van der Waals surface area contributed by atoms with Crippen molar-refractivity contribution >= 4 is 31.8 Å². The second kappa shape index (κ2) is 5.97. The lowest BCUT2D eigenvalue weighted by Gasteiger charge is -2.07. The molecule has 0 spiro atoms. The summed E-state index contributed by atoms with van der Waals surface area (Å²) in [6.45, 7) is 3.96. The largest absolute Gasteiger partial charge is 0.497 e. The molecule has 0 amide bonds. The monoisotopic (exact) mass is 361 g/mol. The van der Waals surface area contributed by atoms with Crippen molar-refractivity contribution in [3.8, 4) is 22.9 Å². The summed E-state index contributed by atoms with van der Waals surface area (Å²) in [4.78, 5) is 20.9. The quantitative estimate of drug-likeness (QED) is 0.577. The Morgan fingerprint density at radius 2 is 1.96 bits per heavy atom. The predicted octanol–water partition coefficient (Wildman–Crippen LogP) is 4.30. The van der Waals surface area contributed by atoms with Crippen molar-refractivity contribution in [2.75, 3.05) is 7.11 Å². The third kappa shape index (κ3) is 2.37. The van der Waals surface area contributed by atoms with Crippen molar-refractivity contribution in [2.45, 2.75) is 13.8 Å². The van der Waals surface area contributed by atoms with Crippen LogP contribution < -0.4 is 10.3 Å². The van der Waals surface area contributed by atoms with Crippen molar-refractivity contribution in [2.24, 2.45) is 0 Å². The summed E-state index contributed by atoms with van der Waals surface area (Å²) in [6.07, 6.45) is 0. The number of methoxy groups -OCH3 is 1. The van der Waals surface area contributed by atoms with Gasteiger partial charge in [-0.2, -0.15) is 5.26 Å². The standard InChI is InChI=1S/C20H15N3O2S/c1-10-8-11(2)22-20-15(10)17-18(26-20)16(14(9-21)19(24)23-17)12-4-6-13(25-3)7-5-12/h4-8H,1-3H3,(H,23,24). The molecule has 0 radical (unpaired) electrons. The van der Waals surface area contributed by atoms with Gasteiger partial charge in [0.25, 0.3) is 5.56 Å². The number of hydrogen-bond acceptors (Lipinski definition) is 5. The van der Waals surface area contributed by atoms with Gasteiger partial charge in [-0.05, 0) is 43.2 Å². The minimum Gasteiger partial charge on any atom is -0.497 e. The molecule has 128 valence electrons. The number of H-pyrrole nitrogens is 1. The van der Waals surface area contributed by atoms with Crippen LogP contribution in [0.2, 0.25) is 0 Å². The lowest BCUT2D eigenvalue weighted by atomic mass is 10.0. The number of fused-ring (bicyclic) bond motifs is 3. The third-order valence-electron chi connectivity index (χ3n) is 4.42. The highest BCUT2D eigenvalue weighted by Gasteiger charge is 2.20. The second-order valence-electron chi connectivity index (χ2n) is 6.11. The number of nitrogens with zero attached hydrogens (tertiary/aromatic N) is 2. The molecule has 0 atom stereocenters. The average Bonchev–Trinajstić information content (AvgIpc) is 2.98. The summed E-state index contributed by atoms with van der Waals surface area (Å²) >= 11 is 1.50. The fourth-order valence-electron chi connectivity index (χ4n) is 3.28. The van der Waals surface area contributed by atoms with Crippen LogP contribution in [0, 0.1) is 25.2 Å². The zero-order valence-corrected chi connectivity index (χ0v) is 15.3. The number of hydrogen-bond donors (Lipinski definition) is 1. The van der Waals surface area contributed by atoms with Gasteiger partial charge in [-0.3, -0.25) is 4.79 Å². The molecule has 26 heavy (non-hydrogen) atoms. The molecule has 0 saturated carbocycles. The first kappa shape index (κ1) is 16.3. The summed E-state index contributed by atoms with van der Waals surface area (Å²) < 4.78 is 6.07. The average molecular weight is 361 g/mol. The van der Waals surface area contributed by atoms with Crippen molar-refractivity contribution in [3.05, 3.63) is 57.5 Å². The Labute approximate surface area is 153 Å². The third-order valence-corrected chi connectivity index (χ3v) is 5.52. The van der Waals surface area contributed by atoms with Crippen LogP contribution in [0.5, 0.6) is 5.75 Å². The Hall–Kier alpha value is -3.17. The van der Waals surface area contributed by atoms with Crippen molar-refractivity contribution in [1.29, 1.82) is 5.26 Å². The van der Waals surface area contributed by atoms with E-state index in [1.54, 1.807) is 7.11 Å². The van der Waals surface area contributed by atoms with Gasteiger partial charge in [-0.25, -0.2) is 4.98 Å². The minimum absolute atomic E-state index is 0.114. The van der Waals surface area contributed by atoms with E-state index in [2.05, 4.69) is 16.0 Å². The molecule has 3 heterocycles. The van der Waals surface area contributed by atoms with Crippen LogP contribution in [0.3, 0.4) is 0 Å². The molecule has 0 aliphatic rings. The maximum absolute atomic E-state index is 12.6. The molecule has 0 fully saturated rings. The number of rotatable bonds is 2. The summed E-state index contributed by atoms with van der Waals surface area (Å²) in [7, 11) is 1.60. The van der Waals surface area contributed by atoms with Gasteiger partial charge in [0.2, 0.25) is 0 Å². The lowest BCUT2D eigenvalue weighted by molar-refractivity contribution is 0.415. The van der Waals surface area contributed by atoms with E-state index in [1.807, 2.05) is 44.2 Å². The maximum Gasteiger partial charge on any atom is 0.267 e. The molecule has 0 aliphatic carbocycles. The first-order chi connectivity index (χ1) is 12.5. The number of benzene rings is 1. The molecule has 0 aliphatic heterocycles. The molecule has 4 aromatic rings. The highest BCUT2D eigenvalue weighted by Crippen LogP contribution is 2.40. The molecule has 1 aromatic carbocycles. The highest BCUT2D eigenvalue weighted by atomic mass is 32.1. The van der Waals surface area contributed by atoms with Gasteiger partial charge in [0, 0.05) is 16.6 Å². The van der Waals surface area contributed by atoms with Gasteiger partial charge in [-0.1, -0.05) is 12.1 Å². The normalized spacial score (nSPS) is 11.0. The first-order valence-electron chi connectivity index (χ1n) is 8.04. The number of aromatic nitrogens is 2. The van der Waals surface area contributed by atoms with Crippen molar-refractivity contribution in [3.63, 3.8) is 0 Å². The Morgan fingerprint density at radius 1 is 1.23 bits per heavy atom. The molecule has 1 N–H and O–H groups in total. The zero-order chi connectivity index (χ0) is 18.4. The summed E-state index contributed by atoms with van der Waals surface area (Å²) in [6, 6.07) is 11.4. The number of ether oxygens (including phenoxy) is 1. The maximum atomic E-state index is 12.6. The van der Waals surface area contributed by atoms with Gasteiger partial charge >= 0.3 is 0 Å². The SMILES string of the molecule is COc1ccc(-c2c(C#N)c(=O)[nH]c3c2sc2nc(C)cc(C)c23)cc1. The second-order valence-corrected chi connectivity index (χ2v) is 7.11. The van der Waals surface area contributed by atoms with E-state index in [9.17, 15) is 10.1 Å². The van der Waals surface area contributed by atoms with Crippen LogP contribution in [-0.2, 0) is 0 Å². The van der Waals surface area contributed by atoms with Gasteiger partial charge in [0.1, 0.15) is 22.2 Å². The zero-order valence-electron chi connectivity index (χ0n) is 14.5. The van der Waals surface area contributed by atoms with E-state index in [0.29, 0.717) is 5.56 Å². The van der Waals surface area contributed by atoms with Crippen LogP contribution in [-0.4, -0.2) is 17.1 Å². The molecule has 0 unspecified atom stereocenters. The van der Waals surface area contributed by atoms with E-state index >= 15 is 0 Å². The number of thiophene rings is 1.